The number of carbonyl (C=O) groups excluding carboxylic acids is 2. The van der Waals surface area contributed by atoms with Crippen molar-refractivity contribution in [2.45, 2.75) is 132 Å². The third-order valence-corrected chi connectivity index (χ3v) is 7.81. The maximum absolute atomic E-state index is 10.8. The Morgan fingerprint density at radius 2 is 1.11 bits per heavy atom. The van der Waals surface area contributed by atoms with E-state index < -0.39 is 11.9 Å². The molecule has 0 bridgehead atoms. The summed E-state index contributed by atoms with van der Waals surface area (Å²) in [6.07, 6.45) is 13.8. The van der Waals surface area contributed by atoms with E-state index in [1.807, 2.05) is 12.4 Å². The van der Waals surface area contributed by atoms with Gasteiger partial charge in [0.1, 0.15) is 11.5 Å². The Morgan fingerprint density at radius 1 is 0.766 bits per heavy atom. The molecule has 1 aliphatic carbocycles. The summed E-state index contributed by atoms with van der Waals surface area (Å²) in [5.74, 6) is -0.114. The Balaban J connectivity index is 0.00000211. The molecule has 2 aromatic rings. The number of benzene rings is 2. The Hall–Kier alpha value is -3.17. The van der Waals surface area contributed by atoms with Gasteiger partial charge in [-0.2, -0.15) is 0 Å². The number of phenols is 2. The average Bonchev–Trinajstić information content (AvgIpc) is 2.98. The molecule has 0 amide bonds. The van der Waals surface area contributed by atoms with E-state index in [2.05, 4.69) is 65.8 Å². The molecule has 0 saturated heterocycles. The topological polar surface area (TPSA) is 145 Å². The van der Waals surface area contributed by atoms with Crippen LogP contribution in [0.15, 0.2) is 34.3 Å². The van der Waals surface area contributed by atoms with Gasteiger partial charge in [-0.05, 0) is 124 Å². The third kappa shape index (κ3) is 18.1. The number of phenolic OH excluding ortho intramolecular Hbond substituents is 2. The molecule has 0 heterocycles. The van der Waals surface area contributed by atoms with E-state index in [-0.39, 0.29) is 28.9 Å². The normalized spacial score (nSPS) is 16.0. The van der Waals surface area contributed by atoms with Crippen molar-refractivity contribution < 1.29 is 46.8 Å². The SMILES string of the molecule is CC(=O)[O-].CC(=O)[O-].CCc1cc(CCC(C)C)cc(C=NC2CCCC(N=Cc3cc(CCC(C)C)cc(CC)c3O)C2)c1O.[Co+2]. The van der Waals surface area contributed by atoms with E-state index in [1.54, 1.807) is 0 Å². The number of aliphatic imine (C=N–C) groups is 2. The Kier molecular flexibility index (Phi) is 21.6. The predicted molar refractivity (Wildman–Crippen MR) is 184 cm³/mol. The zero-order chi connectivity index (χ0) is 34.8. The van der Waals surface area contributed by atoms with Crippen LogP contribution < -0.4 is 10.2 Å². The van der Waals surface area contributed by atoms with Gasteiger partial charge in [-0.3, -0.25) is 9.98 Å². The molecule has 0 spiro atoms. The van der Waals surface area contributed by atoms with Gasteiger partial charge < -0.3 is 30.0 Å². The number of hydrogen-bond acceptors (Lipinski definition) is 8. The largest absolute Gasteiger partial charge is 2.00 e. The van der Waals surface area contributed by atoms with Crippen molar-refractivity contribution in [2.24, 2.45) is 21.8 Å². The minimum atomic E-state index is -1.08. The first kappa shape index (κ1) is 43.8. The molecule has 2 unspecified atom stereocenters. The van der Waals surface area contributed by atoms with Crippen LogP contribution in [0.3, 0.4) is 0 Å². The fourth-order valence-electron chi connectivity index (χ4n) is 5.29. The second-order valence-electron chi connectivity index (χ2n) is 13.0. The van der Waals surface area contributed by atoms with Gasteiger partial charge in [-0.15, -0.1) is 0 Å². The minimum Gasteiger partial charge on any atom is -0.550 e. The van der Waals surface area contributed by atoms with Gasteiger partial charge in [-0.1, -0.05) is 53.7 Å². The first-order valence-electron chi connectivity index (χ1n) is 16.8. The number of carbonyl (C=O) groups is 2. The smallest absolute Gasteiger partial charge is 0.550 e. The molecule has 2 aromatic carbocycles. The molecule has 1 radical (unpaired) electrons. The second-order valence-corrected chi connectivity index (χ2v) is 13.0. The van der Waals surface area contributed by atoms with Gasteiger partial charge in [-0.25, -0.2) is 0 Å². The maximum atomic E-state index is 10.8. The number of hydrogen-bond donors (Lipinski definition) is 2. The van der Waals surface area contributed by atoms with Crippen LogP contribution in [0, 0.1) is 11.8 Å². The van der Waals surface area contributed by atoms with Crippen molar-refractivity contribution in [1.29, 1.82) is 0 Å². The van der Waals surface area contributed by atoms with Crippen LogP contribution >= 0.6 is 0 Å². The van der Waals surface area contributed by atoms with Crippen LogP contribution in [0.2, 0.25) is 0 Å². The monoisotopic (exact) mass is 695 g/mol. The van der Waals surface area contributed by atoms with Crippen molar-refractivity contribution in [1.82, 2.24) is 0 Å². The standard InChI is InChI=1S/C34H50N2O2.2C2H4O2.Co/c1-7-27-16-25(14-12-23(3)4)18-29(33(27)37)21-35-31-10-9-11-32(20-31)36-22-30-19-26(15-13-24(5)6)17-28(8-2)34(30)38;2*1-2(3)4;/h16-19,21-24,31-32,37-38H,7-15,20H2,1-6H3;2*1H3,(H,3,4);/q;;;+2/p-2. The molecule has 2 atom stereocenters. The van der Waals surface area contributed by atoms with E-state index in [1.165, 1.54) is 11.1 Å². The number of aryl methyl sites for hydroxylation is 4. The number of carboxylic acids is 2. The molecule has 1 fully saturated rings. The van der Waals surface area contributed by atoms with E-state index in [0.29, 0.717) is 23.3 Å². The first-order chi connectivity index (χ1) is 21.7. The molecule has 1 saturated carbocycles. The third-order valence-electron chi connectivity index (χ3n) is 7.81. The Morgan fingerprint density at radius 3 is 1.40 bits per heavy atom. The number of nitrogens with zero attached hydrogens (tertiary/aromatic N) is 2. The molecular formula is C38H56CoN2O6. The van der Waals surface area contributed by atoms with Crippen LogP contribution in [0.1, 0.15) is 127 Å². The molecule has 47 heavy (non-hydrogen) atoms. The summed E-state index contributed by atoms with van der Waals surface area (Å²) < 4.78 is 0. The summed E-state index contributed by atoms with van der Waals surface area (Å²) in [7, 11) is 0. The fourth-order valence-corrected chi connectivity index (χ4v) is 5.29. The van der Waals surface area contributed by atoms with Crippen molar-refractivity contribution in [3.05, 3.63) is 57.6 Å². The van der Waals surface area contributed by atoms with E-state index >= 15 is 0 Å². The van der Waals surface area contributed by atoms with Crippen molar-refractivity contribution >= 4 is 24.4 Å². The quantitative estimate of drug-likeness (QED) is 0.270. The van der Waals surface area contributed by atoms with Gasteiger partial charge in [0.05, 0.1) is 12.1 Å². The average molecular weight is 696 g/mol. The van der Waals surface area contributed by atoms with E-state index in [4.69, 9.17) is 29.8 Å². The zero-order valence-corrected chi connectivity index (χ0v) is 30.6. The summed E-state index contributed by atoms with van der Waals surface area (Å²) in [5.41, 5.74) is 6.24. The number of aromatic hydroxyl groups is 2. The molecule has 8 nitrogen and oxygen atoms in total. The van der Waals surface area contributed by atoms with Gasteiger partial charge >= 0.3 is 16.8 Å². The summed E-state index contributed by atoms with van der Waals surface area (Å²) in [4.78, 5) is 27.6. The zero-order valence-electron chi connectivity index (χ0n) is 29.6. The fraction of sp³-hybridized carbons (Fsp3) is 0.579. The molecule has 9 heteroatoms. The van der Waals surface area contributed by atoms with Crippen molar-refractivity contribution in [2.75, 3.05) is 0 Å². The van der Waals surface area contributed by atoms with Gasteiger partial charge in [0.25, 0.3) is 0 Å². The first-order valence-corrected chi connectivity index (χ1v) is 16.8. The molecule has 0 aromatic heterocycles. The molecule has 0 aliphatic heterocycles. The van der Waals surface area contributed by atoms with Crippen molar-refractivity contribution in [3.8, 4) is 11.5 Å². The maximum Gasteiger partial charge on any atom is 2.00 e. The van der Waals surface area contributed by atoms with Crippen LogP contribution in [0.5, 0.6) is 11.5 Å². The Bertz CT molecular complexity index is 1200. The summed E-state index contributed by atoms with van der Waals surface area (Å²) in [6.45, 7) is 15.1. The number of carboxylic acid groups (broad SMARTS) is 2. The van der Waals surface area contributed by atoms with Crippen molar-refractivity contribution in [3.63, 3.8) is 0 Å². The van der Waals surface area contributed by atoms with Crippen LogP contribution in [-0.4, -0.2) is 46.7 Å². The van der Waals surface area contributed by atoms with Gasteiger partial charge in [0.2, 0.25) is 0 Å². The Labute approximate surface area is 293 Å². The van der Waals surface area contributed by atoms with E-state index in [0.717, 1.165) is 100 Å². The molecule has 263 valence electrons. The van der Waals surface area contributed by atoms with Gasteiger partial charge in [0.15, 0.2) is 0 Å². The van der Waals surface area contributed by atoms with Gasteiger partial charge in [0, 0.05) is 35.5 Å². The molecule has 1 aliphatic rings. The molecular weight excluding hydrogens is 639 g/mol. The second kappa shape index (κ2) is 23.2. The number of rotatable bonds is 12. The number of aliphatic carboxylic acids is 2. The van der Waals surface area contributed by atoms with Crippen LogP contribution in [0.4, 0.5) is 0 Å². The minimum absolute atomic E-state index is 0. The van der Waals surface area contributed by atoms with Crippen LogP contribution in [0.25, 0.3) is 0 Å². The van der Waals surface area contributed by atoms with Crippen LogP contribution in [-0.2, 0) is 52.1 Å². The summed E-state index contributed by atoms with van der Waals surface area (Å²) >= 11 is 0. The molecule has 2 N–H and O–H groups in total. The summed E-state index contributed by atoms with van der Waals surface area (Å²) in [5, 5.41) is 39.4. The molecule has 3 rings (SSSR count). The predicted octanol–water partition coefficient (Wildman–Crippen LogP) is 5.76. The van der Waals surface area contributed by atoms with E-state index in [9.17, 15) is 10.2 Å². The summed E-state index contributed by atoms with van der Waals surface area (Å²) in [6, 6.07) is 8.92.